The molecule has 0 aliphatic heterocycles. The second-order valence-corrected chi connectivity index (χ2v) is 2.97. The van der Waals surface area contributed by atoms with Gasteiger partial charge in [-0.15, -0.1) is 0 Å². The Morgan fingerprint density at radius 2 is 2.00 bits per heavy atom. The van der Waals surface area contributed by atoms with E-state index in [0.717, 1.165) is 5.56 Å². The predicted molar refractivity (Wildman–Crippen MR) is 43.1 cm³/mol. The molecule has 1 aliphatic carbocycles. The Hall–Kier alpha value is -1.29. The van der Waals surface area contributed by atoms with Crippen LogP contribution in [0.25, 0.3) is 0 Å². The molecule has 0 heterocycles. The minimum atomic E-state index is 0.686. The fourth-order valence-electron chi connectivity index (χ4n) is 1.35. The maximum absolute atomic E-state index is 8.75. The quantitative estimate of drug-likeness (QED) is 0.592. The van der Waals surface area contributed by atoms with Crippen molar-refractivity contribution < 1.29 is 0 Å². The van der Waals surface area contributed by atoms with Gasteiger partial charge in [0, 0.05) is 0 Å². The van der Waals surface area contributed by atoms with E-state index in [4.69, 9.17) is 5.26 Å². The lowest BCUT2D eigenvalue weighted by molar-refractivity contribution is 1.12. The number of benzene rings is 1. The van der Waals surface area contributed by atoms with Crippen LogP contribution < -0.4 is 0 Å². The first-order valence-electron chi connectivity index (χ1n) is 3.91. The Labute approximate surface area is 66.3 Å². The molecule has 0 aromatic heterocycles. The largest absolute Gasteiger partial charge is 0.192 e. The highest BCUT2D eigenvalue weighted by Gasteiger charge is 2.25. The minimum Gasteiger partial charge on any atom is -0.192 e. The van der Waals surface area contributed by atoms with Crippen LogP contribution >= 0.6 is 0 Å². The van der Waals surface area contributed by atoms with Crippen LogP contribution in [0.15, 0.2) is 24.3 Å². The molecule has 1 fully saturated rings. The molecule has 0 radical (unpaired) electrons. The molecular formula is C10H9N. The Morgan fingerprint density at radius 1 is 1.27 bits per heavy atom. The Bertz CT molecular complexity index is 305. The maximum atomic E-state index is 8.75. The van der Waals surface area contributed by atoms with Crippen LogP contribution in [-0.4, -0.2) is 0 Å². The number of nitrogens with zero attached hydrogens (tertiary/aromatic N) is 1. The smallest absolute Gasteiger partial charge is 0.0994 e. The predicted octanol–water partition coefficient (Wildman–Crippen LogP) is 2.44. The van der Waals surface area contributed by atoms with Gasteiger partial charge in [-0.05, 0) is 30.4 Å². The molecule has 0 spiro atoms. The molecule has 0 bridgehead atoms. The molecule has 1 aromatic rings. The molecule has 0 unspecified atom stereocenters. The van der Waals surface area contributed by atoms with Crippen LogP contribution in [0.5, 0.6) is 0 Å². The van der Waals surface area contributed by atoms with E-state index >= 15 is 0 Å². The van der Waals surface area contributed by atoms with E-state index in [0.29, 0.717) is 5.92 Å². The van der Waals surface area contributed by atoms with Crippen molar-refractivity contribution in [2.24, 2.45) is 0 Å². The first-order chi connectivity index (χ1) is 5.42. The number of nitriles is 1. The Kier molecular flexibility index (Phi) is 1.40. The molecule has 0 atom stereocenters. The zero-order valence-corrected chi connectivity index (χ0v) is 6.25. The molecule has 54 valence electrons. The molecule has 0 amide bonds. The molecule has 1 nitrogen and oxygen atoms in total. The van der Waals surface area contributed by atoms with E-state index in [1.165, 1.54) is 18.4 Å². The lowest BCUT2D eigenvalue weighted by Gasteiger charge is -1.98. The Balaban J connectivity index is 2.44. The first-order valence-corrected chi connectivity index (χ1v) is 3.91. The zero-order valence-electron chi connectivity index (χ0n) is 6.25. The average molecular weight is 143 g/mol. The second kappa shape index (κ2) is 2.39. The summed E-state index contributed by atoms with van der Waals surface area (Å²) >= 11 is 0. The Morgan fingerprint density at radius 3 is 2.64 bits per heavy atom. The van der Waals surface area contributed by atoms with Crippen LogP contribution in [-0.2, 0) is 0 Å². The van der Waals surface area contributed by atoms with Gasteiger partial charge in [-0.1, -0.05) is 18.2 Å². The minimum absolute atomic E-state index is 0.686. The summed E-state index contributed by atoms with van der Waals surface area (Å²) in [5, 5.41) is 8.75. The third-order valence-corrected chi connectivity index (χ3v) is 2.10. The maximum Gasteiger partial charge on any atom is 0.0994 e. The van der Waals surface area contributed by atoms with Gasteiger partial charge in [-0.2, -0.15) is 5.26 Å². The van der Waals surface area contributed by atoms with Crippen molar-refractivity contribution >= 4 is 0 Å². The molecule has 1 saturated carbocycles. The summed E-state index contributed by atoms with van der Waals surface area (Å²) in [4.78, 5) is 0. The normalized spacial score (nSPS) is 15.9. The molecule has 0 N–H and O–H groups in total. The summed E-state index contributed by atoms with van der Waals surface area (Å²) in [6, 6.07) is 10.1. The van der Waals surface area contributed by atoms with Gasteiger partial charge in [0.15, 0.2) is 0 Å². The van der Waals surface area contributed by atoms with Crippen molar-refractivity contribution in [1.82, 2.24) is 0 Å². The highest BCUT2D eigenvalue weighted by molar-refractivity contribution is 5.41. The molecular weight excluding hydrogens is 134 g/mol. The van der Waals surface area contributed by atoms with Crippen LogP contribution in [0.3, 0.4) is 0 Å². The second-order valence-electron chi connectivity index (χ2n) is 2.97. The lowest BCUT2D eigenvalue weighted by atomic mass is 10.0. The van der Waals surface area contributed by atoms with Crippen molar-refractivity contribution in [3.8, 4) is 6.07 Å². The highest BCUT2D eigenvalue weighted by Crippen LogP contribution is 2.41. The topological polar surface area (TPSA) is 23.8 Å². The summed E-state index contributed by atoms with van der Waals surface area (Å²) in [5.74, 6) is 0.686. The van der Waals surface area contributed by atoms with Crippen LogP contribution in [0.1, 0.15) is 29.9 Å². The summed E-state index contributed by atoms with van der Waals surface area (Å²) in [6.07, 6.45) is 2.53. The summed E-state index contributed by atoms with van der Waals surface area (Å²) in [7, 11) is 0. The van der Waals surface area contributed by atoms with E-state index in [1.807, 2.05) is 18.2 Å². The third-order valence-electron chi connectivity index (χ3n) is 2.10. The van der Waals surface area contributed by atoms with E-state index in [1.54, 1.807) is 0 Å². The standard InChI is InChI=1S/C10H9N/c11-7-9-3-1-2-4-10(9)8-5-6-8/h1-4,8H,5-6H2. The lowest BCUT2D eigenvalue weighted by Crippen LogP contribution is -1.84. The fraction of sp³-hybridized carbons (Fsp3) is 0.300. The van der Waals surface area contributed by atoms with Crippen molar-refractivity contribution in [3.63, 3.8) is 0 Å². The third kappa shape index (κ3) is 1.12. The number of hydrogen-bond acceptors (Lipinski definition) is 1. The van der Waals surface area contributed by atoms with Gasteiger partial charge >= 0.3 is 0 Å². The molecule has 1 aromatic carbocycles. The van der Waals surface area contributed by atoms with Gasteiger partial charge in [0.1, 0.15) is 0 Å². The number of rotatable bonds is 1. The zero-order chi connectivity index (χ0) is 7.68. The molecule has 1 heteroatoms. The van der Waals surface area contributed by atoms with E-state index < -0.39 is 0 Å². The first kappa shape index (κ1) is 6.42. The fourth-order valence-corrected chi connectivity index (χ4v) is 1.35. The molecule has 0 saturated heterocycles. The van der Waals surface area contributed by atoms with Crippen LogP contribution in [0.4, 0.5) is 0 Å². The molecule has 1 aliphatic rings. The van der Waals surface area contributed by atoms with Gasteiger partial charge in [0.25, 0.3) is 0 Å². The summed E-state index contributed by atoms with van der Waals surface area (Å²) < 4.78 is 0. The number of hydrogen-bond donors (Lipinski definition) is 0. The van der Waals surface area contributed by atoms with Gasteiger partial charge in [-0.25, -0.2) is 0 Å². The van der Waals surface area contributed by atoms with Gasteiger partial charge in [-0.3, -0.25) is 0 Å². The van der Waals surface area contributed by atoms with Crippen LogP contribution in [0.2, 0.25) is 0 Å². The highest BCUT2D eigenvalue weighted by atomic mass is 14.3. The van der Waals surface area contributed by atoms with E-state index in [2.05, 4.69) is 12.1 Å². The van der Waals surface area contributed by atoms with Gasteiger partial charge in [0.2, 0.25) is 0 Å². The molecule has 11 heavy (non-hydrogen) atoms. The van der Waals surface area contributed by atoms with Gasteiger partial charge < -0.3 is 0 Å². The van der Waals surface area contributed by atoms with E-state index in [9.17, 15) is 0 Å². The SMILES string of the molecule is N#Cc1ccccc1C1CC1. The van der Waals surface area contributed by atoms with Gasteiger partial charge in [0.05, 0.1) is 11.6 Å². The van der Waals surface area contributed by atoms with Crippen molar-refractivity contribution in [1.29, 1.82) is 5.26 Å². The molecule has 2 rings (SSSR count). The van der Waals surface area contributed by atoms with Crippen molar-refractivity contribution in [2.75, 3.05) is 0 Å². The van der Waals surface area contributed by atoms with Crippen LogP contribution in [0, 0.1) is 11.3 Å². The summed E-state index contributed by atoms with van der Waals surface area (Å²) in [5.41, 5.74) is 2.10. The average Bonchev–Trinajstić information content (AvgIpc) is 2.87. The van der Waals surface area contributed by atoms with Crippen molar-refractivity contribution in [3.05, 3.63) is 35.4 Å². The summed E-state index contributed by atoms with van der Waals surface area (Å²) in [6.45, 7) is 0. The van der Waals surface area contributed by atoms with E-state index in [-0.39, 0.29) is 0 Å². The van der Waals surface area contributed by atoms with Crippen molar-refractivity contribution in [2.45, 2.75) is 18.8 Å². The monoisotopic (exact) mass is 143 g/mol.